The van der Waals surface area contributed by atoms with E-state index in [0.717, 1.165) is 42.7 Å². The van der Waals surface area contributed by atoms with Crippen LogP contribution in [0, 0.1) is 5.92 Å². The number of piperidine rings is 1. The Bertz CT molecular complexity index is 1100. The number of hydrogen-bond acceptors (Lipinski definition) is 4. The van der Waals surface area contributed by atoms with Gasteiger partial charge in [-0.15, -0.1) is 0 Å². The molecule has 0 bridgehead atoms. The molecule has 1 aliphatic heterocycles. The van der Waals surface area contributed by atoms with Crippen molar-refractivity contribution in [3.63, 3.8) is 0 Å². The predicted octanol–water partition coefficient (Wildman–Crippen LogP) is 4.64. The average molecular weight is 446 g/mol. The van der Waals surface area contributed by atoms with E-state index in [2.05, 4.69) is 12.0 Å². The smallest absolute Gasteiger partial charge is 0.266 e. The first-order valence-electron chi connectivity index (χ1n) is 11.8. The van der Waals surface area contributed by atoms with Crippen LogP contribution in [0.15, 0.2) is 71.5 Å². The van der Waals surface area contributed by atoms with E-state index >= 15 is 0 Å². The van der Waals surface area contributed by atoms with Crippen molar-refractivity contribution in [3.05, 3.63) is 82.6 Å². The van der Waals surface area contributed by atoms with Crippen LogP contribution in [-0.4, -0.2) is 40.3 Å². The van der Waals surface area contributed by atoms with Crippen molar-refractivity contribution in [1.82, 2.24) is 14.7 Å². The van der Waals surface area contributed by atoms with Gasteiger partial charge < -0.3 is 9.64 Å². The van der Waals surface area contributed by atoms with E-state index in [0.29, 0.717) is 37.7 Å². The third-order valence-corrected chi connectivity index (χ3v) is 6.14. The molecule has 0 radical (unpaired) electrons. The first kappa shape index (κ1) is 22.8. The quantitative estimate of drug-likeness (QED) is 0.474. The summed E-state index contributed by atoms with van der Waals surface area (Å²) in [5.74, 6) is 1.17. The number of nitrogens with zero attached hydrogens (tertiary/aromatic N) is 3. The number of benzene rings is 2. The number of likely N-dealkylation sites (tertiary alicyclic amines) is 1. The van der Waals surface area contributed by atoms with E-state index in [9.17, 15) is 9.59 Å². The summed E-state index contributed by atoms with van der Waals surface area (Å²) >= 11 is 0. The molecule has 0 N–H and O–H groups in total. The standard InChI is InChI=1S/C27H31N3O3/c1-2-3-19-33-24-11-9-23(10-12-24)27(32)29-17-15-21(16-18-29)20-30-26(31)14-13-25(28-30)22-7-5-4-6-8-22/h4-14,21H,2-3,15-20H2,1H3. The van der Waals surface area contributed by atoms with Crippen LogP contribution >= 0.6 is 0 Å². The van der Waals surface area contributed by atoms with Crippen LogP contribution in [0.2, 0.25) is 0 Å². The van der Waals surface area contributed by atoms with Gasteiger partial charge in [0.1, 0.15) is 5.75 Å². The first-order valence-corrected chi connectivity index (χ1v) is 11.8. The zero-order valence-corrected chi connectivity index (χ0v) is 19.2. The number of hydrogen-bond donors (Lipinski definition) is 0. The second-order valence-electron chi connectivity index (χ2n) is 8.57. The minimum absolute atomic E-state index is 0.0509. The van der Waals surface area contributed by atoms with Gasteiger partial charge in [-0.05, 0) is 55.5 Å². The molecule has 0 unspecified atom stereocenters. The Morgan fingerprint density at radius 1 is 1.00 bits per heavy atom. The van der Waals surface area contributed by atoms with Gasteiger partial charge in [0, 0.05) is 36.8 Å². The summed E-state index contributed by atoms with van der Waals surface area (Å²) in [4.78, 5) is 27.2. The Morgan fingerprint density at radius 2 is 1.73 bits per heavy atom. The number of ether oxygens (including phenoxy) is 1. The molecule has 4 rings (SSSR count). The molecule has 1 fully saturated rings. The van der Waals surface area contributed by atoms with Gasteiger partial charge in [0.05, 0.1) is 12.3 Å². The maximum absolute atomic E-state index is 12.9. The first-order chi connectivity index (χ1) is 16.1. The molecule has 1 aliphatic rings. The van der Waals surface area contributed by atoms with E-state index in [4.69, 9.17) is 4.74 Å². The molecule has 0 saturated carbocycles. The van der Waals surface area contributed by atoms with Gasteiger partial charge in [-0.2, -0.15) is 5.10 Å². The molecular formula is C27H31N3O3. The highest BCUT2D eigenvalue weighted by molar-refractivity contribution is 5.94. The topological polar surface area (TPSA) is 64.4 Å². The van der Waals surface area contributed by atoms with Gasteiger partial charge >= 0.3 is 0 Å². The van der Waals surface area contributed by atoms with Crippen LogP contribution in [0.25, 0.3) is 11.3 Å². The maximum atomic E-state index is 12.9. The summed E-state index contributed by atoms with van der Waals surface area (Å²) in [7, 11) is 0. The van der Waals surface area contributed by atoms with E-state index < -0.39 is 0 Å². The summed E-state index contributed by atoms with van der Waals surface area (Å²) in [6, 6.07) is 20.7. The van der Waals surface area contributed by atoms with E-state index in [-0.39, 0.29) is 11.5 Å². The number of rotatable bonds is 8. The maximum Gasteiger partial charge on any atom is 0.266 e. The average Bonchev–Trinajstić information content (AvgIpc) is 2.86. The molecule has 6 nitrogen and oxygen atoms in total. The Hall–Kier alpha value is -3.41. The third-order valence-electron chi connectivity index (χ3n) is 6.14. The molecule has 2 heterocycles. The van der Waals surface area contributed by atoms with Crippen molar-refractivity contribution in [2.45, 2.75) is 39.2 Å². The molecule has 3 aromatic rings. The Kier molecular flexibility index (Phi) is 7.55. The highest BCUT2D eigenvalue weighted by Gasteiger charge is 2.24. The highest BCUT2D eigenvalue weighted by Crippen LogP contribution is 2.22. The highest BCUT2D eigenvalue weighted by atomic mass is 16.5. The SMILES string of the molecule is CCCCOc1ccc(C(=O)N2CCC(Cn3nc(-c4ccccc4)ccc3=O)CC2)cc1. The molecule has 0 spiro atoms. The van der Waals surface area contributed by atoms with Gasteiger partial charge in [0.2, 0.25) is 0 Å². The fraction of sp³-hybridized carbons (Fsp3) is 0.370. The second kappa shape index (κ2) is 10.9. The minimum Gasteiger partial charge on any atom is -0.494 e. The summed E-state index contributed by atoms with van der Waals surface area (Å²) in [5, 5.41) is 4.58. The second-order valence-corrected chi connectivity index (χ2v) is 8.57. The van der Waals surface area contributed by atoms with Crippen LogP contribution in [0.5, 0.6) is 5.75 Å². The zero-order valence-electron chi connectivity index (χ0n) is 19.2. The predicted molar refractivity (Wildman–Crippen MR) is 129 cm³/mol. The lowest BCUT2D eigenvalue weighted by Crippen LogP contribution is -2.40. The van der Waals surface area contributed by atoms with Crippen LogP contribution in [0.1, 0.15) is 43.0 Å². The number of aromatic nitrogens is 2. The molecule has 33 heavy (non-hydrogen) atoms. The largest absolute Gasteiger partial charge is 0.494 e. The van der Waals surface area contributed by atoms with Gasteiger partial charge in [-0.25, -0.2) is 4.68 Å². The third kappa shape index (κ3) is 5.89. The lowest BCUT2D eigenvalue weighted by Gasteiger charge is -2.32. The van der Waals surface area contributed by atoms with Crippen LogP contribution < -0.4 is 10.3 Å². The van der Waals surface area contributed by atoms with Crippen molar-refractivity contribution in [1.29, 1.82) is 0 Å². The van der Waals surface area contributed by atoms with Crippen LogP contribution in [0.3, 0.4) is 0 Å². The molecule has 0 atom stereocenters. The van der Waals surface area contributed by atoms with Crippen LogP contribution in [-0.2, 0) is 6.54 Å². The molecule has 2 aromatic carbocycles. The van der Waals surface area contributed by atoms with Gasteiger partial charge in [-0.3, -0.25) is 9.59 Å². The molecule has 6 heteroatoms. The molecule has 1 amide bonds. The molecule has 0 aliphatic carbocycles. The summed E-state index contributed by atoms with van der Waals surface area (Å²) in [6.45, 7) is 4.77. The monoisotopic (exact) mass is 445 g/mol. The summed E-state index contributed by atoms with van der Waals surface area (Å²) < 4.78 is 7.26. The van der Waals surface area contributed by atoms with Crippen molar-refractivity contribution in [2.75, 3.05) is 19.7 Å². The minimum atomic E-state index is -0.0885. The van der Waals surface area contributed by atoms with Crippen LogP contribution in [0.4, 0.5) is 0 Å². The van der Waals surface area contributed by atoms with E-state index in [1.807, 2.05) is 59.5 Å². The number of carbonyl (C=O) groups is 1. The number of unbranched alkanes of at least 4 members (excludes halogenated alkanes) is 1. The summed E-state index contributed by atoms with van der Waals surface area (Å²) in [5.41, 5.74) is 2.39. The Morgan fingerprint density at radius 3 is 2.42 bits per heavy atom. The van der Waals surface area contributed by atoms with Crippen molar-refractivity contribution in [3.8, 4) is 17.0 Å². The van der Waals surface area contributed by atoms with Gasteiger partial charge in [0.15, 0.2) is 0 Å². The van der Waals surface area contributed by atoms with Crippen molar-refractivity contribution < 1.29 is 9.53 Å². The molecular weight excluding hydrogens is 414 g/mol. The summed E-state index contributed by atoms with van der Waals surface area (Å²) in [6.07, 6.45) is 3.82. The number of amides is 1. The van der Waals surface area contributed by atoms with Gasteiger partial charge in [0.25, 0.3) is 11.5 Å². The lowest BCUT2D eigenvalue weighted by molar-refractivity contribution is 0.0680. The Labute approximate surface area is 194 Å². The molecule has 1 aromatic heterocycles. The van der Waals surface area contributed by atoms with E-state index in [1.54, 1.807) is 16.8 Å². The van der Waals surface area contributed by atoms with E-state index in [1.165, 1.54) is 0 Å². The van der Waals surface area contributed by atoms with Gasteiger partial charge in [-0.1, -0.05) is 43.7 Å². The van der Waals surface area contributed by atoms with Crippen molar-refractivity contribution >= 4 is 5.91 Å². The molecule has 1 saturated heterocycles. The molecule has 172 valence electrons. The Balaban J connectivity index is 1.33. The normalized spacial score (nSPS) is 14.3. The van der Waals surface area contributed by atoms with Crippen molar-refractivity contribution in [2.24, 2.45) is 5.92 Å². The fourth-order valence-corrected chi connectivity index (χ4v) is 4.12. The fourth-order valence-electron chi connectivity index (χ4n) is 4.12. The zero-order chi connectivity index (χ0) is 23.0. The lowest BCUT2D eigenvalue weighted by atomic mass is 9.96. The number of carbonyl (C=O) groups excluding carboxylic acids is 1.